The van der Waals surface area contributed by atoms with Crippen LogP contribution < -0.4 is 15.2 Å². The zero-order valence-electron chi connectivity index (χ0n) is 24.6. The molecule has 1 saturated heterocycles. The molecule has 0 spiro atoms. The fourth-order valence-electron chi connectivity index (χ4n) is 5.70. The average Bonchev–Trinajstić information content (AvgIpc) is 3.02. The second-order valence-electron chi connectivity index (χ2n) is 10.9. The van der Waals surface area contributed by atoms with Gasteiger partial charge in [0, 0.05) is 43.1 Å². The molecule has 1 aliphatic rings. The van der Waals surface area contributed by atoms with Gasteiger partial charge in [-0.1, -0.05) is 36.4 Å². The molecule has 2 N–H and O–H groups in total. The molecule has 1 fully saturated rings. The highest BCUT2D eigenvalue weighted by Crippen LogP contribution is 2.37. The van der Waals surface area contributed by atoms with E-state index in [4.69, 9.17) is 19.9 Å². The highest BCUT2D eigenvalue weighted by molar-refractivity contribution is 5.94. The molecule has 0 saturated carbocycles. The number of benzene rings is 3. The summed E-state index contributed by atoms with van der Waals surface area (Å²) in [5, 5.41) is 0.752. The van der Waals surface area contributed by atoms with Gasteiger partial charge in [0.15, 0.2) is 11.5 Å². The maximum Gasteiger partial charge on any atom is 0.416 e. The van der Waals surface area contributed by atoms with E-state index in [1.807, 2.05) is 12.1 Å². The summed E-state index contributed by atoms with van der Waals surface area (Å²) in [5.74, 6) is -0.0156. The van der Waals surface area contributed by atoms with E-state index in [0.29, 0.717) is 53.0 Å². The van der Waals surface area contributed by atoms with E-state index in [-0.39, 0.29) is 0 Å². The number of hydrogen-bond donors (Lipinski definition) is 1. The van der Waals surface area contributed by atoms with Crippen molar-refractivity contribution < 1.29 is 32.2 Å². The van der Waals surface area contributed by atoms with Gasteiger partial charge in [0.25, 0.3) is 0 Å². The topological polar surface area (TPSA) is 99.8 Å². The number of carbonyl (C=O) groups is 1. The van der Waals surface area contributed by atoms with Crippen LogP contribution in [0.25, 0.3) is 22.2 Å². The molecule has 8 nitrogen and oxygen atoms in total. The Kier molecular flexibility index (Phi) is 9.65. The molecule has 0 bridgehead atoms. The number of halogens is 3. The number of likely N-dealkylation sites (tertiary alicyclic amines) is 1. The summed E-state index contributed by atoms with van der Waals surface area (Å²) >= 11 is 0. The number of aromatic nitrogens is 2. The third-order valence-corrected chi connectivity index (χ3v) is 7.98. The predicted molar refractivity (Wildman–Crippen MR) is 161 cm³/mol. The Morgan fingerprint density at radius 1 is 1.02 bits per heavy atom. The molecule has 1 aromatic heterocycles. The molecule has 44 heavy (non-hydrogen) atoms. The van der Waals surface area contributed by atoms with Crippen LogP contribution in [-0.4, -0.2) is 67.8 Å². The second kappa shape index (κ2) is 13.6. The summed E-state index contributed by atoms with van der Waals surface area (Å²) in [6.07, 6.45) is -0.783. The van der Waals surface area contributed by atoms with Gasteiger partial charge in [-0.15, -0.1) is 0 Å². The lowest BCUT2D eigenvalue weighted by Crippen LogP contribution is -2.39. The summed E-state index contributed by atoms with van der Waals surface area (Å²) in [7, 11) is 3.30. The van der Waals surface area contributed by atoms with Crippen LogP contribution in [0, 0.1) is 5.92 Å². The number of methoxy groups -OCH3 is 2. The van der Waals surface area contributed by atoms with Crippen LogP contribution in [0.5, 0.6) is 11.5 Å². The molecule has 0 aliphatic carbocycles. The number of fused-ring (bicyclic) bond motifs is 1. The number of hydrogen-bond acceptors (Lipinski definition) is 7. The first-order valence-electron chi connectivity index (χ1n) is 14.4. The molecule has 1 amide bonds. The summed E-state index contributed by atoms with van der Waals surface area (Å²) in [6.45, 7) is 4.20. The third kappa shape index (κ3) is 7.11. The fraction of sp³-hybridized carbons (Fsp3) is 0.364. The lowest BCUT2D eigenvalue weighted by molar-refractivity contribution is -0.137. The summed E-state index contributed by atoms with van der Waals surface area (Å²) in [6, 6.07) is 15.2. The molecule has 1 aliphatic heterocycles. The minimum atomic E-state index is -4.47. The van der Waals surface area contributed by atoms with Crippen LogP contribution >= 0.6 is 0 Å². The molecule has 232 valence electrons. The number of amides is 1. The number of alkyl halides is 3. The molecular weight excluding hydrogens is 573 g/mol. The minimum Gasteiger partial charge on any atom is -0.493 e. The number of carbonyl (C=O) groups excluding carboxylic acids is 1. The number of ether oxygens (including phenoxy) is 3. The molecular formula is C33H35F3N4O4. The highest BCUT2D eigenvalue weighted by atomic mass is 19.4. The first kappa shape index (κ1) is 31.2. The minimum absolute atomic E-state index is 0.374. The van der Waals surface area contributed by atoms with Crippen molar-refractivity contribution >= 4 is 16.8 Å². The van der Waals surface area contributed by atoms with E-state index in [2.05, 4.69) is 14.9 Å². The first-order valence-corrected chi connectivity index (χ1v) is 14.4. The van der Waals surface area contributed by atoms with Gasteiger partial charge < -0.3 is 24.8 Å². The predicted octanol–water partition coefficient (Wildman–Crippen LogP) is 5.68. The number of primary amides is 1. The fourth-order valence-corrected chi connectivity index (χ4v) is 5.70. The zero-order chi connectivity index (χ0) is 31.3. The van der Waals surface area contributed by atoms with Gasteiger partial charge in [-0.25, -0.2) is 9.97 Å². The number of rotatable bonds is 11. The molecule has 2 heterocycles. The van der Waals surface area contributed by atoms with E-state index >= 15 is 0 Å². The molecule has 2 unspecified atom stereocenters. The summed E-state index contributed by atoms with van der Waals surface area (Å²) < 4.78 is 56.3. The Bertz CT molecular complexity index is 1580. The van der Waals surface area contributed by atoms with Crippen LogP contribution in [0.1, 0.15) is 35.4 Å². The van der Waals surface area contributed by atoms with Crippen molar-refractivity contribution in [3.05, 3.63) is 83.7 Å². The van der Waals surface area contributed by atoms with Gasteiger partial charge >= 0.3 is 6.18 Å². The van der Waals surface area contributed by atoms with Gasteiger partial charge in [0.2, 0.25) is 5.91 Å². The number of nitrogens with zero attached hydrogens (tertiary/aromatic N) is 3. The molecule has 0 radical (unpaired) electrons. The van der Waals surface area contributed by atoms with Crippen molar-refractivity contribution in [2.24, 2.45) is 11.7 Å². The zero-order valence-corrected chi connectivity index (χ0v) is 24.6. The van der Waals surface area contributed by atoms with E-state index < -0.39 is 23.6 Å². The number of nitrogens with two attached hydrogens (primary N) is 1. The monoisotopic (exact) mass is 608 g/mol. The van der Waals surface area contributed by atoms with Crippen LogP contribution in [0.4, 0.5) is 13.2 Å². The molecule has 11 heteroatoms. The Balaban J connectivity index is 1.37. The third-order valence-electron chi connectivity index (χ3n) is 7.98. The van der Waals surface area contributed by atoms with Gasteiger partial charge in [0.1, 0.15) is 6.33 Å². The second-order valence-corrected chi connectivity index (χ2v) is 10.9. The molecule has 4 aromatic rings. The van der Waals surface area contributed by atoms with Crippen LogP contribution in [0.2, 0.25) is 0 Å². The standard InChI is InChI=1S/C33H35F3N4O4/c1-42-15-14-40-13-3-4-21(18-40)19-44-29-17-27-26(16-28(29)43-2)31(39-20-38-27)24-7-5-22(6-8-24)30(32(37)41)23-9-11-25(12-10-23)33(34,35)36/h5-12,16-17,20-21,30H,3-4,13-15,18-19H2,1-2H3,(H2,37,41). The highest BCUT2D eigenvalue weighted by Gasteiger charge is 2.31. The van der Waals surface area contributed by atoms with Crippen LogP contribution in [-0.2, 0) is 15.7 Å². The Morgan fingerprint density at radius 3 is 2.36 bits per heavy atom. The normalized spacial score (nSPS) is 16.5. The molecule has 3 aromatic carbocycles. The van der Waals surface area contributed by atoms with Crippen molar-refractivity contribution in [3.63, 3.8) is 0 Å². The van der Waals surface area contributed by atoms with Gasteiger partial charge in [-0.05, 0) is 48.7 Å². The Hall–Kier alpha value is -4.22. The maximum atomic E-state index is 13.0. The van der Waals surface area contributed by atoms with Crippen molar-refractivity contribution in [2.75, 3.05) is 47.1 Å². The first-order chi connectivity index (χ1) is 21.2. The summed E-state index contributed by atoms with van der Waals surface area (Å²) in [5.41, 5.74) is 7.90. The molecule has 5 rings (SSSR count). The largest absolute Gasteiger partial charge is 0.493 e. The SMILES string of the molecule is COCCN1CCCC(COc2cc3ncnc(-c4ccc(C(C(N)=O)c5ccc(C(F)(F)F)cc5)cc4)c3cc2OC)C1. The van der Waals surface area contributed by atoms with E-state index in [0.717, 1.165) is 55.6 Å². The van der Waals surface area contributed by atoms with Gasteiger partial charge in [-0.2, -0.15) is 13.2 Å². The quantitative estimate of drug-likeness (QED) is 0.234. The van der Waals surface area contributed by atoms with E-state index in [1.54, 1.807) is 38.5 Å². The Morgan fingerprint density at radius 2 is 1.73 bits per heavy atom. The lowest BCUT2D eigenvalue weighted by Gasteiger charge is -2.32. The van der Waals surface area contributed by atoms with Crippen LogP contribution in [0.3, 0.4) is 0 Å². The van der Waals surface area contributed by atoms with Gasteiger partial charge in [0.05, 0.1) is 43.0 Å². The number of piperidine rings is 1. The average molecular weight is 609 g/mol. The van der Waals surface area contributed by atoms with Crippen LogP contribution in [0.15, 0.2) is 67.0 Å². The van der Waals surface area contributed by atoms with E-state index in [1.165, 1.54) is 18.5 Å². The van der Waals surface area contributed by atoms with Crippen molar-refractivity contribution in [1.29, 1.82) is 0 Å². The smallest absolute Gasteiger partial charge is 0.416 e. The van der Waals surface area contributed by atoms with Gasteiger partial charge in [-0.3, -0.25) is 4.79 Å². The maximum absolute atomic E-state index is 13.0. The van der Waals surface area contributed by atoms with Crippen molar-refractivity contribution in [2.45, 2.75) is 24.9 Å². The van der Waals surface area contributed by atoms with E-state index in [9.17, 15) is 18.0 Å². The Labute approximate surface area is 254 Å². The summed E-state index contributed by atoms with van der Waals surface area (Å²) in [4.78, 5) is 23.8. The van der Waals surface area contributed by atoms with Crippen molar-refractivity contribution in [1.82, 2.24) is 14.9 Å². The van der Waals surface area contributed by atoms with Crippen molar-refractivity contribution in [3.8, 4) is 22.8 Å². The lowest BCUT2D eigenvalue weighted by atomic mass is 9.89. The molecule has 2 atom stereocenters.